The van der Waals surface area contributed by atoms with E-state index >= 15 is 0 Å². The molecule has 62 valence electrons. The van der Waals surface area contributed by atoms with Crippen LogP contribution >= 0.6 is 11.3 Å². The maximum absolute atomic E-state index is 7.46. The maximum Gasteiger partial charge on any atom is 0.123 e. The van der Waals surface area contributed by atoms with Crippen molar-refractivity contribution >= 4 is 22.7 Å². The van der Waals surface area contributed by atoms with Crippen molar-refractivity contribution in [1.29, 1.82) is 5.41 Å². The van der Waals surface area contributed by atoms with Crippen molar-refractivity contribution in [1.82, 2.24) is 5.32 Å². The van der Waals surface area contributed by atoms with Crippen molar-refractivity contribution in [2.75, 3.05) is 6.54 Å². The Morgan fingerprint density at radius 3 is 2.92 bits per heavy atom. The first-order valence-corrected chi connectivity index (χ1v) is 4.73. The van der Waals surface area contributed by atoms with Crippen LogP contribution in [-0.4, -0.2) is 12.4 Å². The standard InChI is InChI=1S/C9H10N2S/c1-6(7-5-11-9(7)10)8-3-2-4-12-8/h2-4H,5H2,1H3,(H2,10,11). The average molecular weight is 178 g/mol. The minimum absolute atomic E-state index is 0.584. The van der Waals surface area contributed by atoms with E-state index < -0.39 is 0 Å². The van der Waals surface area contributed by atoms with Crippen LogP contribution in [0.5, 0.6) is 0 Å². The van der Waals surface area contributed by atoms with Gasteiger partial charge in [0, 0.05) is 17.0 Å². The molecule has 0 saturated carbocycles. The second-order valence-corrected chi connectivity index (χ2v) is 3.76. The molecule has 0 unspecified atom stereocenters. The van der Waals surface area contributed by atoms with E-state index in [-0.39, 0.29) is 0 Å². The van der Waals surface area contributed by atoms with Gasteiger partial charge in [-0.2, -0.15) is 0 Å². The lowest BCUT2D eigenvalue weighted by Crippen LogP contribution is -2.40. The van der Waals surface area contributed by atoms with Gasteiger partial charge < -0.3 is 5.32 Å². The topological polar surface area (TPSA) is 35.9 Å². The zero-order valence-corrected chi connectivity index (χ0v) is 7.66. The van der Waals surface area contributed by atoms with Gasteiger partial charge in [0.15, 0.2) is 0 Å². The van der Waals surface area contributed by atoms with Gasteiger partial charge in [-0.1, -0.05) is 6.07 Å². The molecule has 12 heavy (non-hydrogen) atoms. The van der Waals surface area contributed by atoms with E-state index in [4.69, 9.17) is 5.41 Å². The summed E-state index contributed by atoms with van der Waals surface area (Å²) in [5.74, 6) is 0.584. The van der Waals surface area contributed by atoms with Gasteiger partial charge in [-0.15, -0.1) is 11.3 Å². The molecule has 0 spiro atoms. The van der Waals surface area contributed by atoms with E-state index in [0.29, 0.717) is 5.84 Å². The monoisotopic (exact) mass is 178 g/mol. The highest BCUT2D eigenvalue weighted by Crippen LogP contribution is 2.25. The summed E-state index contributed by atoms with van der Waals surface area (Å²) in [6.07, 6.45) is 0. The van der Waals surface area contributed by atoms with E-state index in [9.17, 15) is 0 Å². The molecule has 2 heterocycles. The molecule has 0 amide bonds. The lowest BCUT2D eigenvalue weighted by atomic mass is 10.0. The average Bonchev–Trinajstić information content (AvgIpc) is 2.53. The summed E-state index contributed by atoms with van der Waals surface area (Å²) >= 11 is 1.73. The lowest BCUT2D eigenvalue weighted by Gasteiger charge is -2.23. The second-order valence-electron chi connectivity index (χ2n) is 2.81. The first-order valence-electron chi connectivity index (χ1n) is 3.85. The summed E-state index contributed by atoms with van der Waals surface area (Å²) < 4.78 is 0. The van der Waals surface area contributed by atoms with Crippen LogP contribution in [0.15, 0.2) is 23.1 Å². The van der Waals surface area contributed by atoms with Crippen molar-refractivity contribution < 1.29 is 0 Å². The predicted octanol–water partition coefficient (Wildman–Crippen LogP) is 2.10. The Morgan fingerprint density at radius 1 is 1.67 bits per heavy atom. The summed E-state index contributed by atoms with van der Waals surface area (Å²) in [7, 11) is 0. The molecule has 3 heteroatoms. The molecule has 0 aromatic carbocycles. The first-order chi connectivity index (χ1) is 5.79. The fourth-order valence-corrected chi connectivity index (χ4v) is 1.99. The van der Waals surface area contributed by atoms with Crippen LogP contribution in [0.2, 0.25) is 0 Å². The SMILES string of the molecule is CC(=C1CNC1=N)c1cccs1. The van der Waals surface area contributed by atoms with Gasteiger partial charge in [0.2, 0.25) is 0 Å². The number of amidine groups is 1. The smallest absolute Gasteiger partial charge is 0.123 e. The molecule has 1 aliphatic rings. The maximum atomic E-state index is 7.46. The molecule has 1 saturated heterocycles. The van der Waals surface area contributed by atoms with E-state index in [0.717, 1.165) is 12.1 Å². The summed E-state index contributed by atoms with van der Waals surface area (Å²) in [5.41, 5.74) is 2.39. The molecular formula is C9H10N2S. The lowest BCUT2D eigenvalue weighted by molar-refractivity contribution is 0.909. The molecule has 0 aliphatic carbocycles. The van der Waals surface area contributed by atoms with Gasteiger partial charge in [0.05, 0.1) is 0 Å². The molecule has 1 aromatic rings. The molecule has 2 nitrogen and oxygen atoms in total. The van der Waals surface area contributed by atoms with E-state index in [1.165, 1.54) is 10.5 Å². The number of hydrogen-bond acceptors (Lipinski definition) is 2. The van der Waals surface area contributed by atoms with Crippen molar-refractivity contribution in [3.63, 3.8) is 0 Å². The fourth-order valence-electron chi connectivity index (χ4n) is 1.23. The quantitative estimate of drug-likeness (QED) is 0.678. The Bertz CT molecular complexity index is 335. The normalized spacial score (nSPS) is 19.9. The van der Waals surface area contributed by atoms with Gasteiger partial charge in [0.1, 0.15) is 5.84 Å². The molecule has 2 N–H and O–H groups in total. The first kappa shape index (κ1) is 7.55. The van der Waals surface area contributed by atoms with E-state index in [1.807, 2.05) is 6.07 Å². The van der Waals surface area contributed by atoms with Crippen molar-refractivity contribution in [3.05, 3.63) is 28.0 Å². The molecule has 1 fully saturated rings. The Hall–Kier alpha value is -1.09. The molecule has 1 aromatic heterocycles. The molecule has 0 atom stereocenters. The Morgan fingerprint density at radius 2 is 2.50 bits per heavy atom. The van der Waals surface area contributed by atoms with E-state index in [2.05, 4.69) is 23.7 Å². The highest BCUT2D eigenvalue weighted by atomic mass is 32.1. The van der Waals surface area contributed by atoms with Gasteiger partial charge in [0.25, 0.3) is 0 Å². The molecular weight excluding hydrogens is 168 g/mol. The Balaban J connectivity index is 2.36. The Labute approximate surface area is 75.4 Å². The third-order valence-corrected chi connectivity index (χ3v) is 3.08. The van der Waals surface area contributed by atoms with Gasteiger partial charge >= 0.3 is 0 Å². The van der Waals surface area contributed by atoms with Gasteiger partial charge in [-0.3, -0.25) is 5.41 Å². The molecule has 2 rings (SSSR count). The van der Waals surface area contributed by atoms with Crippen LogP contribution in [0.4, 0.5) is 0 Å². The number of thiophene rings is 1. The largest absolute Gasteiger partial charge is 0.366 e. The molecule has 0 radical (unpaired) electrons. The minimum Gasteiger partial charge on any atom is -0.366 e. The number of hydrogen-bond donors (Lipinski definition) is 2. The van der Waals surface area contributed by atoms with Crippen LogP contribution in [-0.2, 0) is 0 Å². The molecule has 0 bridgehead atoms. The summed E-state index contributed by atoms with van der Waals surface area (Å²) in [6, 6.07) is 4.14. The summed E-state index contributed by atoms with van der Waals surface area (Å²) in [5, 5.41) is 12.5. The minimum atomic E-state index is 0.584. The predicted molar refractivity (Wildman–Crippen MR) is 52.6 cm³/mol. The number of nitrogens with one attached hydrogen (secondary N) is 2. The zero-order chi connectivity index (χ0) is 8.55. The number of allylic oxidation sites excluding steroid dienone is 1. The van der Waals surface area contributed by atoms with Crippen LogP contribution < -0.4 is 5.32 Å². The van der Waals surface area contributed by atoms with Gasteiger partial charge in [-0.25, -0.2) is 0 Å². The highest BCUT2D eigenvalue weighted by Gasteiger charge is 2.18. The highest BCUT2D eigenvalue weighted by molar-refractivity contribution is 7.11. The van der Waals surface area contributed by atoms with Crippen molar-refractivity contribution in [3.8, 4) is 0 Å². The summed E-state index contributed by atoms with van der Waals surface area (Å²) in [6.45, 7) is 2.93. The fraction of sp³-hybridized carbons (Fsp3) is 0.222. The van der Waals surface area contributed by atoms with Crippen LogP contribution in [0.25, 0.3) is 5.57 Å². The molecule has 1 aliphatic heterocycles. The van der Waals surface area contributed by atoms with Crippen molar-refractivity contribution in [2.24, 2.45) is 0 Å². The zero-order valence-electron chi connectivity index (χ0n) is 6.85. The van der Waals surface area contributed by atoms with Crippen LogP contribution in [0.3, 0.4) is 0 Å². The van der Waals surface area contributed by atoms with Gasteiger partial charge in [-0.05, 0) is 23.9 Å². The third kappa shape index (κ3) is 1.06. The third-order valence-electron chi connectivity index (χ3n) is 2.09. The van der Waals surface area contributed by atoms with Crippen molar-refractivity contribution in [2.45, 2.75) is 6.92 Å². The van der Waals surface area contributed by atoms with Crippen LogP contribution in [0.1, 0.15) is 11.8 Å². The Kier molecular flexibility index (Phi) is 1.73. The second kappa shape index (κ2) is 2.75. The van der Waals surface area contributed by atoms with E-state index in [1.54, 1.807) is 11.3 Å². The summed E-state index contributed by atoms with van der Waals surface area (Å²) in [4.78, 5) is 1.27. The number of rotatable bonds is 1. The van der Waals surface area contributed by atoms with Crippen LogP contribution in [0, 0.1) is 5.41 Å².